The molecule has 4 aliphatic carbocycles. The molecule has 0 saturated heterocycles. The van der Waals surface area contributed by atoms with E-state index in [0.717, 1.165) is 31.1 Å². The van der Waals surface area contributed by atoms with Gasteiger partial charge in [0, 0.05) is 24.8 Å². The van der Waals surface area contributed by atoms with Crippen molar-refractivity contribution in [2.45, 2.75) is 88.9 Å². The average molecular weight is 447 g/mol. The number of fused-ring (bicyclic) bond motifs is 5. The summed E-state index contributed by atoms with van der Waals surface area (Å²) in [4.78, 5) is 35.8. The van der Waals surface area contributed by atoms with Crippen LogP contribution in [0.4, 0.5) is 0 Å². The summed E-state index contributed by atoms with van der Waals surface area (Å²) in [5, 5.41) is 23.9. The molecule has 0 bridgehead atoms. The maximum atomic E-state index is 12.7. The monoisotopic (exact) mass is 446 g/mol. The highest BCUT2D eigenvalue weighted by Gasteiger charge is 2.71. The summed E-state index contributed by atoms with van der Waals surface area (Å²) in [6.07, 6.45) is 7.44. The van der Waals surface area contributed by atoms with Gasteiger partial charge in [0.05, 0.1) is 16.6 Å². The third-order valence-electron chi connectivity index (χ3n) is 10.2. The fourth-order valence-electron chi connectivity index (χ4n) is 8.65. The van der Waals surface area contributed by atoms with Crippen LogP contribution >= 0.6 is 0 Å². The molecule has 1 aliphatic heterocycles. The van der Waals surface area contributed by atoms with Crippen LogP contribution in [0, 0.1) is 28.6 Å². The Bertz CT molecular complexity index is 882. The Balaban J connectivity index is 1.46. The van der Waals surface area contributed by atoms with E-state index in [1.807, 2.05) is 0 Å². The van der Waals surface area contributed by atoms with Gasteiger partial charge in [0.1, 0.15) is 19.0 Å². The van der Waals surface area contributed by atoms with E-state index in [-0.39, 0.29) is 47.6 Å². The molecule has 0 spiro atoms. The molecule has 32 heavy (non-hydrogen) atoms. The van der Waals surface area contributed by atoms with Gasteiger partial charge in [-0.25, -0.2) is 4.79 Å². The molecule has 0 aromatic rings. The van der Waals surface area contributed by atoms with Crippen LogP contribution in [0.15, 0.2) is 11.6 Å². The minimum absolute atomic E-state index is 0.0828. The lowest BCUT2D eigenvalue weighted by atomic mass is 9.41. The van der Waals surface area contributed by atoms with Crippen LogP contribution in [0.1, 0.15) is 71.6 Å². The topological polar surface area (TPSA) is 110 Å². The molecule has 2 N–H and O–H groups in total. The van der Waals surface area contributed by atoms with Crippen molar-refractivity contribution in [1.82, 2.24) is 0 Å². The molecule has 0 amide bonds. The highest BCUT2D eigenvalue weighted by atomic mass is 16.5. The molecule has 0 aromatic heterocycles. The number of carbonyl (C=O) groups is 3. The summed E-state index contributed by atoms with van der Waals surface area (Å²) in [7, 11) is 0. The van der Waals surface area contributed by atoms with Crippen LogP contribution in [0.25, 0.3) is 0 Å². The molecule has 0 unspecified atom stereocenters. The molecular weight excluding hydrogens is 412 g/mol. The number of esters is 2. The van der Waals surface area contributed by atoms with Crippen molar-refractivity contribution in [3.05, 3.63) is 11.6 Å². The molecule has 0 aromatic carbocycles. The minimum Gasteiger partial charge on any atom is -0.462 e. The van der Waals surface area contributed by atoms with Crippen LogP contribution in [-0.2, 0) is 23.9 Å². The zero-order valence-electron chi connectivity index (χ0n) is 19.0. The number of hydrogen-bond acceptors (Lipinski definition) is 7. The van der Waals surface area contributed by atoms with Gasteiger partial charge in [-0.05, 0) is 74.7 Å². The van der Waals surface area contributed by atoms with E-state index in [1.165, 1.54) is 6.92 Å². The lowest BCUT2D eigenvalue weighted by Crippen LogP contribution is -2.69. The lowest BCUT2D eigenvalue weighted by molar-refractivity contribution is -0.249. The molecule has 7 nitrogen and oxygen atoms in total. The van der Waals surface area contributed by atoms with Crippen molar-refractivity contribution >= 4 is 18.2 Å². The molecule has 5 rings (SSSR count). The van der Waals surface area contributed by atoms with Gasteiger partial charge >= 0.3 is 11.9 Å². The Morgan fingerprint density at radius 2 is 1.88 bits per heavy atom. The molecular formula is C25H34O7. The molecule has 0 radical (unpaired) electrons. The molecule has 7 heteroatoms. The fourth-order valence-corrected chi connectivity index (χ4v) is 8.65. The van der Waals surface area contributed by atoms with E-state index < -0.39 is 16.6 Å². The molecule has 5 aliphatic rings. The summed E-state index contributed by atoms with van der Waals surface area (Å²) in [6, 6.07) is 0. The van der Waals surface area contributed by atoms with Crippen LogP contribution < -0.4 is 0 Å². The van der Waals surface area contributed by atoms with Crippen molar-refractivity contribution in [1.29, 1.82) is 0 Å². The molecule has 4 saturated carbocycles. The van der Waals surface area contributed by atoms with Gasteiger partial charge in [-0.3, -0.25) is 4.79 Å². The molecule has 176 valence electrons. The molecule has 8 atom stereocenters. The van der Waals surface area contributed by atoms with Crippen molar-refractivity contribution in [3.63, 3.8) is 0 Å². The van der Waals surface area contributed by atoms with Gasteiger partial charge in [0.15, 0.2) is 0 Å². The number of cyclic esters (lactones) is 1. The summed E-state index contributed by atoms with van der Waals surface area (Å²) < 4.78 is 10.6. The average Bonchev–Trinajstić information content (AvgIpc) is 3.27. The highest BCUT2D eigenvalue weighted by Crippen LogP contribution is 2.70. The van der Waals surface area contributed by atoms with Crippen LogP contribution in [0.5, 0.6) is 0 Å². The Labute approximate surface area is 188 Å². The van der Waals surface area contributed by atoms with Gasteiger partial charge in [-0.1, -0.05) is 6.92 Å². The Hall–Kier alpha value is -1.73. The van der Waals surface area contributed by atoms with Gasteiger partial charge in [0.2, 0.25) is 0 Å². The van der Waals surface area contributed by atoms with E-state index >= 15 is 0 Å². The predicted molar refractivity (Wildman–Crippen MR) is 113 cm³/mol. The van der Waals surface area contributed by atoms with Crippen molar-refractivity contribution in [3.8, 4) is 0 Å². The Kier molecular flexibility index (Phi) is 4.92. The standard InChI is InChI=1S/C25H34O7/c1-15(27)32-17-3-8-23(14-26)19-4-7-22(2)18(16-11-21(28)31-13-16)6-10-25(22,30)20(19)5-9-24(23,29)12-17/h11,14,17-20,29-30H,3-10,12-13H2,1-2H3/t17-,18+,19-,20+,22-,23+,24+,25+/m1/s1. The van der Waals surface area contributed by atoms with Crippen molar-refractivity contribution < 1.29 is 34.1 Å². The normalized spacial score (nSPS) is 49.9. The number of carbonyl (C=O) groups excluding carboxylic acids is 3. The smallest absolute Gasteiger partial charge is 0.331 e. The van der Waals surface area contributed by atoms with Crippen molar-refractivity contribution in [2.24, 2.45) is 28.6 Å². The van der Waals surface area contributed by atoms with Gasteiger partial charge < -0.3 is 24.5 Å². The maximum Gasteiger partial charge on any atom is 0.331 e. The number of ether oxygens (including phenoxy) is 2. The summed E-state index contributed by atoms with van der Waals surface area (Å²) in [5.41, 5.74) is -2.50. The summed E-state index contributed by atoms with van der Waals surface area (Å²) in [6.45, 7) is 3.81. The van der Waals surface area contributed by atoms with E-state index in [9.17, 15) is 24.6 Å². The highest BCUT2D eigenvalue weighted by molar-refractivity contribution is 5.85. The first-order valence-corrected chi connectivity index (χ1v) is 12.0. The second kappa shape index (κ2) is 7.13. The van der Waals surface area contributed by atoms with Crippen molar-refractivity contribution in [2.75, 3.05) is 6.61 Å². The Morgan fingerprint density at radius 1 is 1.12 bits per heavy atom. The van der Waals surface area contributed by atoms with E-state index in [1.54, 1.807) is 6.08 Å². The largest absolute Gasteiger partial charge is 0.462 e. The minimum atomic E-state index is -1.22. The van der Waals surface area contributed by atoms with E-state index in [0.29, 0.717) is 38.7 Å². The molecule has 1 heterocycles. The van der Waals surface area contributed by atoms with Gasteiger partial charge in [-0.2, -0.15) is 0 Å². The lowest BCUT2D eigenvalue weighted by Gasteiger charge is -2.65. The number of rotatable bonds is 3. The third-order valence-corrected chi connectivity index (χ3v) is 10.2. The first kappa shape index (κ1) is 22.1. The van der Waals surface area contributed by atoms with E-state index in [2.05, 4.69) is 6.92 Å². The predicted octanol–water partition coefficient (Wildman–Crippen LogP) is 2.47. The van der Waals surface area contributed by atoms with Gasteiger partial charge in [-0.15, -0.1) is 0 Å². The first-order valence-electron chi connectivity index (χ1n) is 12.0. The summed E-state index contributed by atoms with van der Waals surface area (Å²) in [5.74, 6) is -0.772. The maximum absolute atomic E-state index is 12.7. The van der Waals surface area contributed by atoms with Gasteiger partial charge in [0.25, 0.3) is 0 Å². The summed E-state index contributed by atoms with van der Waals surface area (Å²) >= 11 is 0. The van der Waals surface area contributed by atoms with Crippen LogP contribution in [-0.4, -0.2) is 52.4 Å². The first-order chi connectivity index (χ1) is 15.1. The third kappa shape index (κ3) is 2.76. The zero-order valence-corrected chi connectivity index (χ0v) is 19.0. The van der Waals surface area contributed by atoms with Crippen LogP contribution in [0.3, 0.4) is 0 Å². The van der Waals surface area contributed by atoms with E-state index in [4.69, 9.17) is 9.47 Å². The number of aldehydes is 1. The van der Waals surface area contributed by atoms with Crippen LogP contribution in [0.2, 0.25) is 0 Å². The number of aliphatic hydroxyl groups is 2. The quantitative estimate of drug-likeness (QED) is 0.506. The second-order valence-electron chi connectivity index (χ2n) is 11.2. The number of hydrogen-bond donors (Lipinski definition) is 2. The second-order valence-corrected chi connectivity index (χ2v) is 11.2. The Morgan fingerprint density at radius 3 is 2.53 bits per heavy atom. The fraction of sp³-hybridized carbons (Fsp3) is 0.800. The SMILES string of the molecule is CC(=O)O[C@@H]1CC[C@]2(C=O)[C@@H]3CC[C@]4(C)[C@H](C5=CC(=O)OC5)CC[C@]4(O)[C@H]3CC[C@]2(O)C1. The zero-order chi connectivity index (χ0) is 22.9. The molecule has 4 fully saturated rings.